The van der Waals surface area contributed by atoms with Gasteiger partial charge in [-0.3, -0.25) is 9.63 Å². The number of carbonyl (C=O) groups excluding carboxylic acids is 1. The van der Waals surface area contributed by atoms with Gasteiger partial charge < -0.3 is 0 Å². The fraction of sp³-hybridized carbons (Fsp3) is 0.240. The Balaban J connectivity index is 1.44. The van der Waals surface area contributed by atoms with Gasteiger partial charge in [0.2, 0.25) is 10.0 Å². The van der Waals surface area contributed by atoms with Gasteiger partial charge in [0.05, 0.1) is 17.0 Å². The molecule has 10 heteroatoms. The molecular formula is C25H23F3N2O4S. The van der Waals surface area contributed by atoms with E-state index < -0.39 is 33.7 Å². The number of amides is 1. The number of alkyl halides is 3. The topological polar surface area (TPSA) is 66.9 Å². The van der Waals surface area contributed by atoms with E-state index >= 15 is 0 Å². The number of hydrogen-bond donors (Lipinski definition) is 0. The minimum Gasteiger partial charge on any atom is -0.271 e. The summed E-state index contributed by atoms with van der Waals surface area (Å²) >= 11 is 0. The van der Waals surface area contributed by atoms with E-state index in [4.69, 9.17) is 4.84 Å². The summed E-state index contributed by atoms with van der Waals surface area (Å²) in [7, 11) is -2.64. The number of hydroxylamine groups is 2. The van der Waals surface area contributed by atoms with E-state index in [-0.39, 0.29) is 24.5 Å². The van der Waals surface area contributed by atoms with Crippen LogP contribution in [0.15, 0.2) is 83.8 Å². The van der Waals surface area contributed by atoms with Crippen LogP contribution in [0, 0.1) is 0 Å². The first-order valence-electron chi connectivity index (χ1n) is 10.8. The maximum Gasteiger partial charge on any atom is 0.416 e. The van der Waals surface area contributed by atoms with Gasteiger partial charge in [0, 0.05) is 7.05 Å². The number of benzene rings is 3. The van der Waals surface area contributed by atoms with Gasteiger partial charge in [-0.25, -0.2) is 13.5 Å². The second-order valence-electron chi connectivity index (χ2n) is 8.12. The molecular weight excluding hydrogens is 481 g/mol. The molecule has 1 amide bonds. The molecule has 1 heterocycles. The third-order valence-corrected chi connectivity index (χ3v) is 7.76. The molecule has 0 bridgehead atoms. The van der Waals surface area contributed by atoms with Crippen molar-refractivity contribution in [3.8, 4) is 11.1 Å². The van der Waals surface area contributed by atoms with Crippen LogP contribution in [0.5, 0.6) is 0 Å². The summed E-state index contributed by atoms with van der Waals surface area (Å²) in [6.07, 6.45) is -4.14. The Kier molecular flexibility index (Phi) is 6.98. The molecule has 0 unspecified atom stereocenters. The van der Waals surface area contributed by atoms with Gasteiger partial charge in [-0.1, -0.05) is 54.6 Å². The average Bonchev–Trinajstić information content (AvgIpc) is 3.22. The standard InChI is InChI=1S/C25H23F3N2O4S/c1-29(23-15-16-30(24(23)31)34-17-18-5-3-2-4-6-18)35(32,33)22-13-9-20(10-14-22)19-7-11-21(12-8-19)25(26,27)28/h2-14,23H,15-17H2,1H3/t23-/m1/s1. The minimum atomic E-state index is -4.43. The van der Waals surface area contributed by atoms with Crippen molar-refractivity contribution in [3.63, 3.8) is 0 Å². The number of hydrogen-bond acceptors (Lipinski definition) is 4. The van der Waals surface area contributed by atoms with E-state index in [9.17, 15) is 26.4 Å². The molecule has 3 aromatic rings. The normalized spacial score (nSPS) is 16.8. The number of halogens is 3. The maximum absolute atomic E-state index is 13.1. The first-order valence-corrected chi connectivity index (χ1v) is 12.3. The third-order valence-electron chi connectivity index (χ3n) is 5.88. The predicted molar refractivity (Wildman–Crippen MR) is 123 cm³/mol. The Morgan fingerprint density at radius 2 is 1.51 bits per heavy atom. The Morgan fingerprint density at radius 1 is 0.943 bits per heavy atom. The van der Waals surface area contributed by atoms with Crippen molar-refractivity contribution in [1.29, 1.82) is 0 Å². The summed E-state index contributed by atoms with van der Waals surface area (Å²) in [6.45, 7) is 0.463. The Hall–Kier alpha value is -3.21. The molecule has 0 aliphatic carbocycles. The summed E-state index contributed by atoms with van der Waals surface area (Å²) in [5, 5.41) is 1.19. The van der Waals surface area contributed by atoms with Gasteiger partial charge in [-0.2, -0.15) is 17.5 Å². The molecule has 1 fully saturated rings. The average molecular weight is 505 g/mol. The van der Waals surface area contributed by atoms with Gasteiger partial charge in [0.15, 0.2) is 0 Å². The molecule has 1 aliphatic rings. The summed E-state index contributed by atoms with van der Waals surface area (Å²) in [4.78, 5) is 18.4. The smallest absolute Gasteiger partial charge is 0.271 e. The van der Waals surface area contributed by atoms with Crippen LogP contribution >= 0.6 is 0 Å². The van der Waals surface area contributed by atoms with Gasteiger partial charge >= 0.3 is 6.18 Å². The van der Waals surface area contributed by atoms with E-state index in [1.54, 1.807) is 0 Å². The molecule has 35 heavy (non-hydrogen) atoms. The zero-order valence-electron chi connectivity index (χ0n) is 18.8. The van der Waals surface area contributed by atoms with Crippen LogP contribution in [0.2, 0.25) is 0 Å². The second kappa shape index (κ2) is 9.80. The quantitative estimate of drug-likeness (QED) is 0.467. The fourth-order valence-corrected chi connectivity index (χ4v) is 5.18. The number of sulfonamides is 1. The van der Waals surface area contributed by atoms with E-state index in [1.165, 1.54) is 48.5 Å². The first-order chi connectivity index (χ1) is 16.6. The number of rotatable bonds is 7. The number of nitrogens with zero attached hydrogens (tertiary/aromatic N) is 2. The molecule has 0 spiro atoms. The maximum atomic E-state index is 13.1. The highest BCUT2D eigenvalue weighted by Crippen LogP contribution is 2.31. The van der Waals surface area contributed by atoms with Crippen molar-refractivity contribution in [2.24, 2.45) is 0 Å². The monoisotopic (exact) mass is 504 g/mol. The van der Waals surface area contributed by atoms with Crippen molar-refractivity contribution in [1.82, 2.24) is 9.37 Å². The third kappa shape index (κ3) is 5.39. The molecule has 0 aromatic heterocycles. The molecule has 4 rings (SSSR count). The van der Waals surface area contributed by atoms with Crippen LogP contribution in [-0.2, 0) is 32.4 Å². The van der Waals surface area contributed by atoms with E-state index in [2.05, 4.69) is 0 Å². The molecule has 0 saturated carbocycles. The van der Waals surface area contributed by atoms with Gasteiger partial charge in [0.25, 0.3) is 5.91 Å². The van der Waals surface area contributed by atoms with Gasteiger partial charge in [-0.05, 0) is 47.4 Å². The zero-order valence-corrected chi connectivity index (χ0v) is 19.6. The highest BCUT2D eigenvalue weighted by molar-refractivity contribution is 7.89. The lowest BCUT2D eigenvalue weighted by molar-refractivity contribution is -0.183. The van der Waals surface area contributed by atoms with Gasteiger partial charge in [0.1, 0.15) is 12.6 Å². The summed E-state index contributed by atoms with van der Waals surface area (Å²) < 4.78 is 65.7. The molecule has 1 aliphatic heterocycles. The largest absolute Gasteiger partial charge is 0.416 e. The lowest BCUT2D eigenvalue weighted by Crippen LogP contribution is -2.42. The molecule has 3 aromatic carbocycles. The summed E-state index contributed by atoms with van der Waals surface area (Å²) in [5.41, 5.74) is 1.22. The molecule has 1 saturated heterocycles. The predicted octanol–water partition coefficient (Wildman–Crippen LogP) is 4.73. The highest BCUT2D eigenvalue weighted by Gasteiger charge is 2.40. The van der Waals surface area contributed by atoms with Crippen LogP contribution in [0.1, 0.15) is 17.5 Å². The van der Waals surface area contributed by atoms with E-state index in [0.29, 0.717) is 11.1 Å². The van der Waals surface area contributed by atoms with Crippen LogP contribution in [0.4, 0.5) is 13.2 Å². The van der Waals surface area contributed by atoms with Gasteiger partial charge in [-0.15, -0.1) is 0 Å². The van der Waals surface area contributed by atoms with E-state index in [1.807, 2.05) is 30.3 Å². The SMILES string of the molecule is CN([C@@H]1CCN(OCc2ccccc2)C1=O)S(=O)(=O)c1ccc(-c2ccc(C(F)(F)F)cc2)cc1. The Morgan fingerprint density at radius 3 is 2.09 bits per heavy atom. The second-order valence-corrected chi connectivity index (χ2v) is 10.1. The first kappa shape index (κ1) is 24.9. The molecule has 6 nitrogen and oxygen atoms in total. The molecule has 0 N–H and O–H groups in total. The fourth-order valence-electron chi connectivity index (χ4n) is 3.84. The van der Waals surface area contributed by atoms with Crippen molar-refractivity contribution < 1.29 is 31.2 Å². The Bertz CT molecular complexity index is 1280. The van der Waals surface area contributed by atoms with Crippen molar-refractivity contribution in [2.45, 2.75) is 30.1 Å². The van der Waals surface area contributed by atoms with Crippen molar-refractivity contribution in [2.75, 3.05) is 13.6 Å². The Labute approximate surface area is 201 Å². The molecule has 0 radical (unpaired) electrons. The highest BCUT2D eigenvalue weighted by atomic mass is 32.2. The lowest BCUT2D eigenvalue weighted by Gasteiger charge is -2.23. The number of carbonyl (C=O) groups is 1. The summed E-state index contributed by atoms with van der Waals surface area (Å²) in [5.74, 6) is -0.437. The minimum absolute atomic E-state index is 0.0212. The van der Waals surface area contributed by atoms with Crippen LogP contribution in [0.25, 0.3) is 11.1 Å². The van der Waals surface area contributed by atoms with Crippen molar-refractivity contribution in [3.05, 3.63) is 90.0 Å². The molecule has 1 atom stereocenters. The number of likely N-dealkylation sites (N-methyl/N-ethyl adjacent to an activating group) is 1. The van der Waals surface area contributed by atoms with Crippen LogP contribution in [0.3, 0.4) is 0 Å². The lowest BCUT2D eigenvalue weighted by atomic mass is 10.0. The molecule has 184 valence electrons. The van der Waals surface area contributed by atoms with Crippen molar-refractivity contribution >= 4 is 15.9 Å². The van der Waals surface area contributed by atoms with Crippen LogP contribution in [-0.4, -0.2) is 43.3 Å². The summed E-state index contributed by atoms with van der Waals surface area (Å²) in [6, 6.07) is 18.8. The zero-order chi connectivity index (χ0) is 25.2. The van der Waals surface area contributed by atoms with E-state index in [0.717, 1.165) is 22.0 Å². The van der Waals surface area contributed by atoms with Crippen LogP contribution < -0.4 is 0 Å².